The van der Waals surface area contributed by atoms with E-state index in [2.05, 4.69) is 26.0 Å². The first-order valence-electron chi connectivity index (χ1n) is 10.2. The summed E-state index contributed by atoms with van der Waals surface area (Å²) in [6.07, 6.45) is 0.751. The average molecular weight is 421 g/mol. The monoisotopic (exact) mass is 421 g/mol. The molecular formula is C25H26O4P+. The van der Waals surface area contributed by atoms with Crippen molar-refractivity contribution >= 4 is 18.8 Å². The molecule has 1 heterocycles. The number of para-hydroxylation sites is 1. The summed E-state index contributed by atoms with van der Waals surface area (Å²) >= 11 is 0. The summed E-state index contributed by atoms with van der Waals surface area (Å²) in [7, 11) is -3.13. The van der Waals surface area contributed by atoms with Crippen LogP contribution in [0.1, 0.15) is 23.6 Å². The molecule has 0 spiro atoms. The van der Waals surface area contributed by atoms with Crippen LogP contribution in [0.4, 0.5) is 0 Å². The van der Waals surface area contributed by atoms with E-state index in [-0.39, 0.29) is 18.6 Å². The first-order valence-corrected chi connectivity index (χ1v) is 12.0. The molecule has 0 saturated heterocycles. The average Bonchev–Trinajstić information content (AvgIpc) is 2.72. The van der Waals surface area contributed by atoms with Crippen molar-refractivity contribution in [2.45, 2.75) is 27.2 Å². The Kier molecular flexibility index (Phi) is 5.64. The van der Waals surface area contributed by atoms with E-state index in [1.54, 1.807) is 0 Å². The molecule has 3 aromatic rings. The molecule has 154 valence electrons. The van der Waals surface area contributed by atoms with Gasteiger partial charge < -0.3 is 9.26 Å². The molecule has 3 aromatic carbocycles. The molecule has 4 rings (SSSR count). The van der Waals surface area contributed by atoms with Gasteiger partial charge in [-0.3, -0.25) is 4.79 Å². The van der Waals surface area contributed by atoms with E-state index in [4.69, 9.17) is 9.26 Å². The van der Waals surface area contributed by atoms with Crippen LogP contribution < -0.4 is 14.6 Å². The Balaban J connectivity index is 1.56. The summed E-state index contributed by atoms with van der Waals surface area (Å²) in [5.74, 6) is 1.20. The van der Waals surface area contributed by atoms with Gasteiger partial charge in [-0.2, -0.15) is 0 Å². The second kappa shape index (κ2) is 8.22. The molecule has 0 aromatic heterocycles. The quantitative estimate of drug-likeness (QED) is 0.567. The van der Waals surface area contributed by atoms with Crippen molar-refractivity contribution in [2.24, 2.45) is 0 Å². The lowest BCUT2D eigenvalue weighted by molar-refractivity contribution is -0.118. The second-order valence-corrected chi connectivity index (χ2v) is 10.1. The summed E-state index contributed by atoms with van der Waals surface area (Å²) in [6, 6.07) is 19.4. The Morgan fingerprint density at radius 2 is 1.73 bits per heavy atom. The highest BCUT2D eigenvalue weighted by Crippen LogP contribution is 2.60. The molecule has 0 bridgehead atoms. The lowest BCUT2D eigenvalue weighted by atomic mass is 10.0. The maximum absolute atomic E-state index is 12.9. The molecule has 0 radical (unpaired) electrons. The number of benzene rings is 3. The van der Waals surface area contributed by atoms with Crippen LogP contribution in [0, 0.1) is 13.8 Å². The Morgan fingerprint density at radius 3 is 2.50 bits per heavy atom. The number of ether oxygens (including phenoxy) is 1. The molecule has 4 nitrogen and oxygen atoms in total. The van der Waals surface area contributed by atoms with Gasteiger partial charge in [0.2, 0.25) is 5.78 Å². The van der Waals surface area contributed by atoms with Crippen LogP contribution in [0.5, 0.6) is 11.5 Å². The Bertz CT molecular complexity index is 1110. The number of Topliss-reactive ketones (excluding diaryl/α,β-unsaturated/α-hetero) is 1. The van der Waals surface area contributed by atoms with Crippen molar-refractivity contribution < 1.29 is 18.9 Å². The maximum Gasteiger partial charge on any atom is 0.357 e. The summed E-state index contributed by atoms with van der Waals surface area (Å²) < 4.78 is 12.0. The fourth-order valence-electron chi connectivity index (χ4n) is 4.05. The first kappa shape index (κ1) is 20.6. The third kappa shape index (κ3) is 3.86. The molecule has 1 atom stereocenters. The van der Waals surface area contributed by atoms with Gasteiger partial charge in [0.1, 0.15) is 5.75 Å². The van der Waals surface area contributed by atoms with Gasteiger partial charge >= 0.3 is 7.72 Å². The molecule has 0 aliphatic carbocycles. The predicted octanol–water partition coefficient (Wildman–Crippen LogP) is 5.04. The van der Waals surface area contributed by atoms with Crippen LogP contribution >= 0.6 is 7.72 Å². The summed E-state index contributed by atoms with van der Waals surface area (Å²) in [5, 5.41) is 0.706. The third-order valence-corrected chi connectivity index (χ3v) is 7.77. The zero-order valence-electron chi connectivity index (χ0n) is 17.5. The van der Waals surface area contributed by atoms with Crippen LogP contribution in [0.25, 0.3) is 11.1 Å². The van der Waals surface area contributed by atoms with E-state index < -0.39 is 7.72 Å². The fraction of sp³-hybridized carbons (Fsp3) is 0.240. The molecular weight excluding hydrogens is 395 g/mol. The van der Waals surface area contributed by atoms with Crippen LogP contribution in [0.2, 0.25) is 0 Å². The number of ketones is 1. The molecule has 1 unspecified atom stereocenters. The van der Waals surface area contributed by atoms with Gasteiger partial charge in [-0.05, 0) is 43.5 Å². The van der Waals surface area contributed by atoms with Crippen LogP contribution in [0.3, 0.4) is 0 Å². The highest BCUT2D eigenvalue weighted by atomic mass is 31.2. The first-order chi connectivity index (χ1) is 14.4. The highest BCUT2D eigenvalue weighted by Gasteiger charge is 2.50. The topological polar surface area (TPSA) is 55.8 Å². The lowest BCUT2D eigenvalue weighted by Crippen LogP contribution is -2.29. The van der Waals surface area contributed by atoms with Gasteiger partial charge in [0.05, 0.1) is 0 Å². The SMILES string of the molecule is CCc1cc(C)cc(C)c1OCC(=O)C[P+]1(O)Oc2ccccc2-c2ccccc21. The number of hydrogen-bond donors (Lipinski definition) is 1. The van der Waals surface area contributed by atoms with E-state index >= 15 is 0 Å². The van der Waals surface area contributed by atoms with Gasteiger partial charge in [-0.1, -0.05) is 61.0 Å². The zero-order valence-corrected chi connectivity index (χ0v) is 18.4. The van der Waals surface area contributed by atoms with E-state index in [1.807, 2.05) is 55.5 Å². The van der Waals surface area contributed by atoms with Gasteiger partial charge in [-0.15, -0.1) is 0 Å². The molecule has 0 fully saturated rings. The second-order valence-electron chi connectivity index (χ2n) is 7.72. The number of aryl methyl sites for hydroxylation is 3. The third-order valence-electron chi connectivity index (χ3n) is 5.35. The molecule has 0 saturated carbocycles. The molecule has 5 heteroatoms. The van der Waals surface area contributed by atoms with Gasteiger partial charge in [0.15, 0.2) is 23.8 Å². The van der Waals surface area contributed by atoms with Crippen molar-refractivity contribution in [2.75, 3.05) is 12.8 Å². The van der Waals surface area contributed by atoms with Crippen LogP contribution in [0.15, 0.2) is 60.7 Å². The standard InChI is InChI=1S/C25H26O4P/c1-4-19-14-17(2)13-18(3)25(19)28-15-20(26)16-30(27)24-12-8-6-10-22(24)21-9-5-7-11-23(21)29-30/h5-14,27H,4,15-16H2,1-3H3/q+1. The Morgan fingerprint density at radius 1 is 1.03 bits per heavy atom. The number of carbonyl (C=O) groups excluding carboxylic acids is 1. The highest BCUT2D eigenvalue weighted by molar-refractivity contribution is 7.74. The van der Waals surface area contributed by atoms with Crippen molar-refractivity contribution in [1.29, 1.82) is 0 Å². The number of rotatable bonds is 6. The predicted molar refractivity (Wildman–Crippen MR) is 122 cm³/mol. The molecule has 1 aliphatic rings. The normalized spacial score (nSPS) is 16.9. The van der Waals surface area contributed by atoms with Crippen molar-refractivity contribution in [1.82, 2.24) is 0 Å². The minimum absolute atomic E-state index is 0.0787. The van der Waals surface area contributed by atoms with E-state index in [0.717, 1.165) is 34.4 Å². The number of hydrogen-bond acceptors (Lipinski definition) is 4. The van der Waals surface area contributed by atoms with E-state index in [0.29, 0.717) is 11.1 Å². The largest absolute Gasteiger partial charge is 0.485 e. The van der Waals surface area contributed by atoms with E-state index in [9.17, 15) is 9.69 Å². The minimum atomic E-state index is -3.13. The number of carbonyl (C=O) groups is 1. The van der Waals surface area contributed by atoms with Crippen LogP contribution in [-0.2, 0) is 11.2 Å². The molecule has 1 N–H and O–H groups in total. The number of fused-ring (bicyclic) bond motifs is 3. The Labute approximate surface area is 178 Å². The maximum atomic E-state index is 12.9. The Hall–Kier alpha value is -2.68. The van der Waals surface area contributed by atoms with Crippen molar-refractivity contribution in [3.63, 3.8) is 0 Å². The molecule has 1 aliphatic heterocycles. The summed E-state index contributed by atoms with van der Waals surface area (Å²) in [4.78, 5) is 24.3. The zero-order chi connectivity index (χ0) is 21.3. The van der Waals surface area contributed by atoms with Crippen molar-refractivity contribution in [3.05, 3.63) is 77.4 Å². The van der Waals surface area contributed by atoms with Crippen LogP contribution in [-0.4, -0.2) is 23.4 Å². The smallest absolute Gasteiger partial charge is 0.357 e. The lowest BCUT2D eigenvalue weighted by Gasteiger charge is -2.26. The fourth-order valence-corrected chi connectivity index (χ4v) is 6.33. The molecule has 30 heavy (non-hydrogen) atoms. The minimum Gasteiger partial charge on any atom is -0.485 e. The van der Waals surface area contributed by atoms with Crippen molar-refractivity contribution in [3.8, 4) is 22.6 Å². The summed E-state index contributed by atoms with van der Waals surface area (Å²) in [5.41, 5.74) is 5.13. The van der Waals surface area contributed by atoms with Gasteiger partial charge in [-0.25, -0.2) is 4.89 Å². The van der Waals surface area contributed by atoms with Gasteiger partial charge in [0, 0.05) is 11.1 Å². The van der Waals surface area contributed by atoms with Gasteiger partial charge in [0.25, 0.3) is 0 Å². The summed E-state index contributed by atoms with van der Waals surface area (Å²) in [6.45, 7) is 6.02. The van der Waals surface area contributed by atoms with E-state index in [1.165, 1.54) is 5.56 Å². The molecule has 0 amide bonds.